The molecule has 19 heavy (non-hydrogen) atoms. The molecule has 0 aliphatic heterocycles. The summed E-state index contributed by atoms with van der Waals surface area (Å²) in [5, 5.41) is 8.67. The Kier molecular flexibility index (Phi) is 3.11. The van der Waals surface area contributed by atoms with E-state index in [1.807, 2.05) is 0 Å². The third kappa shape index (κ3) is 2.40. The van der Waals surface area contributed by atoms with Crippen molar-refractivity contribution in [1.82, 2.24) is 0 Å². The molecule has 0 aromatic rings. The van der Waals surface area contributed by atoms with Crippen molar-refractivity contribution in [2.75, 3.05) is 0 Å². The average molecular weight is 264 g/mol. The van der Waals surface area contributed by atoms with E-state index in [9.17, 15) is 9.59 Å². The van der Waals surface area contributed by atoms with Crippen molar-refractivity contribution in [1.29, 1.82) is 0 Å². The second-order valence-electron chi connectivity index (χ2n) is 6.47. The van der Waals surface area contributed by atoms with E-state index in [2.05, 4.69) is 6.58 Å². The van der Waals surface area contributed by atoms with Gasteiger partial charge in [0.1, 0.15) is 6.10 Å². The summed E-state index contributed by atoms with van der Waals surface area (Å²) in [6.07, 6.45) is 5.75. The Bertz CT molecular complexity index is 398. The highest BCUT2D eigenvalue weighted by Crippen LogP contribution is 2.54. The quantitative estimate of drug-likeness (QED) is 0.625. The Hall–Kier alpha value is -1.32. The summed E-state index contributed by atoms with van der Waals surface area (Å²) in [7, 11) is 0. The van der Waals surface area contributed by atoms with Crippen molar-refractivity contribution in [3.05, 3.63) is 12.2 Å². The number of esters is 1. The second kappa shape index (κ2) is 4.66. The van der Waals surface area contributed by atoms with Gasteiger partial charge < -0.3 is 9.84 Å². The van der Waals surface area contributed by atoms with Gasteiger partial charge in [-0.1, -0.05) is 6.58 Å². The van der Waals surface area contributed by atoms with E-state index < -0.39 is 11.9 Å². The lowest BCUT2D eigenvalue weighted by molar-refractivity contribution is -0.167. The minimum Gasteiger partial charge on any atom is -0.481 e. The van der Waals surface area contributed by atoms with E-state index in [0.29, 0.717) is 11.8 Å². The molecule has 0 aromatic carbocycles. The maximum absolute atomic E-state index is 11.9. The lowest BCUT2D eigenvalue weighted by atomic mass is 9.55. The number of carboxylic acids is 1. The van der Waals surface area contributed by atoms with Crippen LogP contribution in [-0.4, -0.2) is 23.1 Å². The molecule has 104 valence electrons. The summed E-state index contributed by atoms with van der Waals surface area (Å²) in [5.74, 6) is 1.11. The van der Waals surface area contributed by atoms with Crippen molar-refractivity contribution in [3.8, 4) is 0 Å². The van der Waals surface area contributed by atoms with E-state index in [4.69, 9.17) is 9.84 Å². The zero-order valence-electron chi connectivity index (χ0n) is 11.0. The highest BCUT2D eigenvalue weighted by Gasteiger charge is 2.49. The van der Waals surface area contributed by atoms with Gasteiger partial charge in [-0.25, -0.2) is 4.79 Å². The monoisotopic (exact) mass is 264 g/mol. The van der Waals surface area contributed by atoms with Crippen LogP contribution in [-0.2, 0) is 14.3 Å². The summed E-state index contributed by atoms with van der Waals surface area (Å²) in [4.78, 5) is 22.5. The molecule has 0 heterocycles. The largest absolute Gasteiger partial charge is 0.481 e. The minimum absolute atomic E-state index is 0.00541. The van der Waals surface area contributed by atoms with Crippen LogP contribution in [0.4, 0.5) is 0 Å². The van der Waals surface area contributed by atoms with Crippen molar-refractivity contribution >= 4 is 11.9 Å². The fourth-order valence-electron chi connectivity index (χ4n) is 4.53. The molecule has 4 aliphatic rings. The third-order valence-electron chi connectivity index (χ3n) is 5.04. The molecule has 4 nitrogen and oxygen atoms in total. The molecule has 0 spiro atoms. The molecule has 0 radical (unpaired) electrons. The molecule has 0 atom stereocenters. The van der Waals surface area contributed by atoms with Gasteiger partial charge in [0.2, 0.25) is 0 Å². The predicted molar refractivity (Wildman–Crippen MR) is 68.3 cm³/mol. The second-order valence-corrected chi connectivity index (χ2v) is 6.47. The summed E-state index contributed by atoms with van der Waals surface area (Å²) < 4.78 is 5.59. The average Bonchev–Trinajstić information content (AvgIpc) is 2.31. The standard InChI is InChI=1S/C15H20O4/c1-8(2-13(16)17)15(18)19-14-11-4-9-3-10(6-11)7-12(14)5-9/h9-12,14H,1-7H2,(H,16,17). The van der Waals surface area contributed by atoms with E-state index >= 15 is 0 Å². The molecule has 4 heteroatoms. The van der Waals surface area contributed by atoms with Gasteiger partial charge in [0.25, 0.3) is 0 Å². The van der Waals surface area contributed by atoms with Gasteiger partial charge in [0.05, 0.1) is 6.42 Å². The number of carboxylic acid groups (broad SMARTS) is 1. The van der Waals surface area contributed by atoms with Crippen LogP contribution in [0.2, 0.25) is 0 Å². The van der Waals surface area contributed by atoms with Crippen LogP contribution >= 0.6 is 0 Å². The van der Waals surface area contributed by atoms with Crippen LogP contribution in [0.25, 0.3) is 0 Å². The molecular formula is C15H20O4. The summed E-state index contributed by atoms with van der Waals surface area (Å²) in [6.45, 7) is 3.52. The Labute approximate surface area is 112 Å². The lowest BCUT2D eigenvalue weighted by Gasteiger charge is -2.53. The van der Waals surface area contributed by atoms with Crippen molar-refractivity contribution in [2.45, 2.75) is 44.6 Å². The normalized spacial score (nSPS) is 39.1. The van der Waals surface area contributed by atoms with Gasteiger partial charge in [-0.3, -0.25) is 4.79 Å². The van der Waals surface area contributed by atoms with Crippen molar-refractivity contribution in [3.63, 3.8) is 0 Å². The maximum Gasteiger partial charge on any atom is 0.334 e. The fourth-order valence-corrected chi connectivity index (χ4v) is 4.53. The van der Waals surface area contributed by atoms with Crippen molar-refractivity contribution in [2.24, 2.45) is 23.7 Å². The molecule has 0 saturated heterocycles. The van der Waals surface area contributed by atoms with Crippen LogP contribution in [0.3, 0.4) is 0 Å². The molecule has 0 amide bonds. The molecule has 4 saturated carbocycles. The Morgan fingerprint density at radius 3 is 2.05 bits per heavy atom. The topological polar surface area (TPSA) is 63.6 Å². The van der Waals surface area contributed by atoms with Crippen LogP contribution in [0.1, 0.15) is 38.5 Å². The zero-order valence-corrected chi connectivity index (χ0v) is 11.0. The first kappa shape index (κ1) is 12.7. The smallest absolute Gasteiger partial charge is 0.334 e. The number of aliphatic carboxylic acids is 1. The first-order chi connectivity index (χ1) is 9.02. The van der Waals surface area contributed by atoms with Crippen LogP contribution in [0.15, 0.2) is 12.2 Å². The van der Waals surface area contributed by atoms with Gasteiger partial charge in [-0.15, -0.1) is 0 Å². The van der Waals surface area contributed by atoms with Gasteiger partial charge in [0.15, 0.2) is 0 Å². The number of carbonyl (C=O) groups is 2. The Morgan fingerprint density at radius 1 is 1.05 bits per heavy atom. The SMILES string of the molecule is C=C(CC(=O)O)C(=O)OC1C2CC3CC(C2)CC1C3. The van der Waals surface area contributed by atoms with Crippen LogP contribution in [0, 0.1) is 23.7 Å². The fraction of sp³-hybridized carbons (Fsp3) is 0.733. The first-order valence-electron chi connectivity index (χ1n) is 7.13. The summed E-state index contributed by atoms with van der Waals surface area (Å²) >= 11 is 0. The van der Waals surface area contributed by atoms with E-state index in [0.717, 1.165) is 11.8 Å². The van der Waals surface area contributed by atoms with Gasteiger partial charge in [-0.2, -0.15) is 0 Å². The molecule has 4 rings (SSSR count). The number of hydrogen-bond acceptors (Lipinski definition) is 3. The summed E-state index contributed by atoms with van der Waals surface area (Å²) in [6, 6.07) is 0. The van der Waals surface area contributed by atoms with E-state index in [-0.39, 0.29) is 18.1 Å². The van der Waals surface area contributed by atoms with Gasteiger partial charge in [-0.05, 0) is 55.8 Å². The Morgan fingerprint density at radius 2 is 1.58 bits per heavy atom. The predicted octanol–water partition coefficient (Wildman–Crippen LogP) is 2.39. The third-order valence-corrected chi connectivity index (χ3v) is 5.04. The highest BCUT2D eigenvalue weighted by molar-refractivity contribution is 5.92. The summed E-state index contributed by atoms with van der Waals surface area (Å²) in [5.41, 5.74) is 0.0568. The van der Waals surface area contributed by atoms with Crippen molar-refractivity contribution < 1.29 is 19.4 Å². The molecular weight excluding hydrogens is 244 g/mol. The number of ether oxygens (including phenoxy) is 1. The van der Waals surface area contributed by atoms with Crippen LogP contribution < -0.4 is 0 Å². The Balaban J connectivity index is 1.62. The van der Waals surface area contributed by atoms with Crippen LogP contribution in [0.5, 0.6) is 0 Å². The molecule has 4 aliphatic carbocycles. The molecule has 0 aromatic heterocycles. The lowest BCUT2D eigenvalue weighted by Crippen LogP contribution is -2.50. The number of rotatable bonds is 4. The number of carbonyl (C=O) groups excluding carboxylic acids is 1. The van der Waals surface area contributed by atoms with E-state index in [1.165, 1.54) is 32.1 Å². The molecule has 4 fully saturated rings. The minimum atomic E-state index is -1.04. The van der Waals surface area contributed by atoms with Gasteiger partial charge in [0, 0.05) is 5.57 Å². The first-order valence-corrected chi connectivity index (χ1v) is 7.13. The highest BCUT2D eigenvalue weighted by atomic mass is 16.5. The molecule has 1 N–H and O–H groups in total. The number of hydrogen-bond donors (Lipinski definition) is 1. The van der Waals surface area contributed by atoms with E-state index in [1.54, 1.807) is 0 Å². The molecule has 0 unspecified atom stereocenters. The van der Waals surface area contributed by atoms with Gasteiger partial charge >= 0.3 is 11.9 Å². The zero-order chi connectivity index (χ0) is 13.6. The molecule has 4 bridgehead atoms. The maximum atomic E-state index is 11.9.